The molecule has 1 N–H and O–H groups in total. The van der Waals surface area contributed by atoms with E-state index in [1.807, 2.05) is 45.5 Å². The van der Waals surface area contributed by atoms with Crippen LogP contribution < -0.4 is 5.69 Å². The van der Waals surface area contributed by atoms with Crippen LogP contribution in [0.25, 0.3) is 11.1 Å². The number of unbranched alkanes of at least 4 members (excludes halogenated alkanes) is 1. The highest BCUT2D eigenvalue weighted by Gasteiger charge is 2.21. The lowest BCUT2D eigenvalue weighted by atomic mass is 9.89. The van der Waals surface area contributed by atoms with Crippen molar-refractivity contribution in [3.8, 4) is 11.1 Å². The molecule has 0 spiro atoms. The molecule has 0 atom stereocenters. The van der Waals surface area contributed by atoms with E-state index < -0.39 is 5.97 Å². The van der Waals surface area contributed by atoms with E-state index in [2.05, 4.69) is 13.8 Å². The molecular formula is C29H36N2O3. The number of carboxylic acid groups (broad SMARTS) is 1. The Morgan fingerprint density at radius 3 is 2.38 bits per heavy atom. The minimum Gasteiger partial charge on any atom is -0.478 e. The number of carboxylic acids is 1. The molecule has 1 aromatic heterocycles. The van der Waals surface area contributed by atoms with E-state index in [0.717, 1.165) is 48.3 Å². The molecule has 1 aliphatic carbocycles. The Bertz CT molecular complexity index is 1180. The topological polar surface area (TPSA) is 64.2 Å². The molecule has 2 aromatic carbocycles. The smallest absolute Gasteiger partial charge is 0.336 e. The molecule has 0 bridgehead atoms. The van der Waals surface area contributed by atoms with E-state index in [4.69, 9.17) is 0 Å². The van der Waals surface area contributed by atoms with Crippen molar-refractivity contribution in [2.75, 3.05) is 0 Å². The summed E-state index contributed by atoms with van der Waals surface area (Å²) in [5.41, 5.74) is 5.30. The number of imidazole rings is 1. The van der Waals surface area contributed by atoms with Crippen LogP contribution in [0.1, 0.15) is 79.2 Å². The summed E-state index contributed by atoms with van der Waals surface area (Å²) < 4.78 is 3.99. The summed E-state index contributed by atoms with van der Waals surface area (Å²) in [4.78, 5) is 25.1. The first-order valence-corrected chi connectivity index (χ1v) is 12.7. The van der Waals surface area contributed by atoms with Gasteiger partial charge < -0.3 is 5.11 Å². The van der Waals surface area contributed by atoms with Crippen LogP contribution in [0, 0.1) is 12.8 Å². The highest BCUT2D eigenvalue weighted by atomic mass is 16.4. The van der Waals surface area contributed by atoms with Gasteiger partial charge in [-0.2, -0.15) is 0 Å². The third-order valence-corrected chi connectivity index (χ3v) is 7.31. The molecular weight excluding hydrogens is 424 g/mol. The van der Waals surface area contributed by atoms with Crippen molar-refractivity contribution >= 4 is 5.97 Å². The van der Waals surface area contributed by atoms with Gasteiger partial charge >= 0.3 is 11.7 Å². The summed E-state index contributed by atoms with van der Waals surface area (Å²) in [7, 11) is 0. The fourth-order valence-electron chi connectivity index (χ4n) is 5.32. The number of hydrogen-bond acceptors (Lipinski definition) is 2. The van der Waals surface area contributed by atoms with Crippen LogP contribution in [0.5, 0.6) is 0 Å². The number of carbonyl (C=O) groups is 1. The Morgan fingerprint density at radius 1 is 1.00 bits per heavy atom. The minimum atomic E-state index is -0.929. The van der Waals surface area contributed by atoms with Crippen molar-refractivity contribution in [3.63, 3.8) is 0 Å². The van der Waals surface area contributed by atoms with Crippen molar-refractivity contribution in [1.82, 2.24) is 9.13 Å². The van der Waals surface area contributed by atoms with E-state index in [1.54, 1.807) is 12.1 Å². The molecule has 1 aliphatic rings. The second kappa shape index (κ2) is 10.9. The lowest BCUT2D eigenvalue weighted by Crippen LogP contribution is -2.28. The van der Waals surface area contributed by atoms with Crippen molar-refractivity contribution < 1.29 is 9.90 Å². The first-order valence-electron chi connectivity index (χ1n) is 12.7. The maximum absolute atomic E-state index is 13.5. The molecule has 0 radical (unpaired) electrons. The molecule has 0 aliphatic heterocycles. The number of rotatable bonds is 9. The summed E-state index contributed by atoms with van der Waals surface area (Å²) in [6.07, 6.45) is 9.40. The van der Waals surface area contributed by atoms with Gasteiger partial charge in [-0.1, -0.05) is 75.1 Å². The van der Waals surface area contributed by atoms with E-state index in [-0.39, 0.29) is 5.69 Å². The van der Waals surface area contributed by atoms with Gasteiger partial charge in [0.25, 0.3) is 0 Å². The quantitative estimate of drug-likeness (QED) is 0.408. The Morgan fingerprint density at radius 2 is 1.71 bits per heavy atom. The Labute approximate surface area is 202 Å². The van der Waals surface area contributed by atoms with Crippen LogP contribution in [0.2, 0.25) is 0 Å². The standard InChI is InChI=1S/C29H36N2O3/c1-3-4-14-27-21(2)30(19-22-10-6-5-7-11-22)29(34)31(27)20-23-15-17-24(18-16-23)25-12-8-9-13-26(25)28(32)33/h8-9,12-13,15-18,22H,3-7,10-11,14,19-20H2,1-2H3,(H,32,33). The van der Waals surface area contributed by atoms with E-state index in [1.165, 1.54) is 32.1 Å². The predicted octanol–water partition coefficient (Wildman–Crippen LogP) is 6.29. The van der Waals surface area contributed by atoms with Gasteiger partial charge in [0.05, 0.1) is 12.1 Å². The van der Waals surface area contributed by atoms with Gasteiger partial charge in [-0.3, -0.25) is 9.13 Å². The molecule has 180 valence electrons. The monoisotopic (exact) mass is 460 g/mol. The molecule has 1 fully saturated rings. The van der Waals surface area contributed by atoms with E-state index in [0.29, 0.717) is 23.6 Å². The Balaban J connectivity index is 1.62. The molecule has 0 unspecified atom stereocenters. The fourth-order valence-corrected chi connectivity index (χ4v) is 5.32. The van der Waals surface area contributed by atoms with E-state index >= 15 is 0 Å². The van der Waals surface area contributed by atoms with Gasteiger partial charge in [0.2, 0.25) is 0 Å². The van der Waals surface area contributed by atoms with E-state index in [9.17, 15) is 14.7 Å². The van der Waals surface area contributed by atoms with Crippen LogP contribution in [-0.2, 0) is 19.5 Å². The van der Waals surface area contributed by atoms with Crippen molar-refractivity contribution in [2.24, 2.45) is 5.92 Å². The zero-order valence-corrected chi connectivity index (χ0v) is 20.4. The first kappa shape index (κ1) is 24.1. The zero-order chi connectivity index (χ0) is 24.1. The van der Waals surface area contributed by atoms with Crippen LogP contribution in [-0.4, -0.2) is 20.2 Å². The third kappa shape index (κ3) is 5.19. The highest BCUT2D eigenvalue weighted by Crippen LogP contribution is 2.27. The molecule has 5 nitrogen and oxygen atoms in total. The number of benzene rings is 2. The van der Waals surface area contributed by atoms with Gasteiger partial charge in [-0.15, -0.1) is 0 Å². The summed E-state index contributed by atoms with van der Waals surface area (Å²) in [5.74, 6) is -0.324. The molecule has 0 amide bonds. The van der Waals surface area contributed by atoms with Gasteiger partial charge in [0.15, 0.2) is 0 Å². The Hall–Kier alpha value is -3.08. The average Bonchev–Trinajstić information content (AvgIpc) is 3.07. The van der Waals surface area contributed by atoms with Crippen LogP contribution in [0.3, 0.4) is 0 Å². The minimum absolute atomic E-state index is 0.106. The SMILES string of the molecule is CCCCc1c(C)n(CC2CCCCC2)c(=O)n1Cc1ccc(-c2ccccc2C(=O)O)cc1. The number of hydrogen-bond donors (Lipinski definition) is 1. The van der Waals surface area contributed by atoms with Crippen molar-refractivity contribution in [3.05, 3.63) is 81.5 Å². The van der Waals surface area contributed by atoms with Gasteiger partial charge in [-0.25, -0.2) is 9.59 Å². The normalized spacial score (nSPS) is 14.4. The number of nitrogens with zero attached hydrogens (tertiary/aromatic N) is 2. The average molecular weight is 461 g/mol. The molecule has 5 heteroatoms. The van der Waals surface area contributed by atoms with Gasteiger partial charge in [-0.05, 0) is 61.3 Å². The third-order valence-electron chi connectivity index (χ3n) is 7.31. The summed E-state index contributed by atoms with van der Waals surface area (Å²) >= 11 is 0. The summed E-state index contributed by atoms with van der Waals surface area (Å²) in [6.45, 7) is 5.67. The van der Waals surface area contributed by atoms with Crippen LogP contribution >= 0.6 is 0 Å². The molecule has 1 saturated carbocycles. The van der Waals surface area contributed by atoms with Crippen LogP contribution in [0.4, 0.5) is 0 Å². The maximum atomic E-state index is 13.5. The first-order chi connectivity index (χ1) is 16.5. The predicted molar refractivity (Wildman–Crippen MR) is 137 cm³/mol. The zero-order valence-electron chi connectivity index (χ0n) is 20.4. The second-order valence-corrected chi connectivity index (χ2v) is 9.67. The molecule has 3 aromatic rings. The number of aromatic carboxylic acids is 1. The molecule has 0 saturated heterocycles. The second-order valence-electron chi connectivity index (χ2n) is 9.67. The summed E-state index contributed by atoms with van der Waals surface area (Å²) in [6, 6.07) is 15.0. The lowest BCUT2D eigenvalue weighted by molar-refractivity contribution is 0.0697. The van der Waals surface area contributed by atoms with Crippen LogP contribution in [0.15, 0.2) is 53.3 Å². The maximum Gasteiger partial charge on any atom is 0.336 e. The molecule has 4 rings (SSSR count). The lowest BCUT2D eigenvalue weighted by Gasteiger charge is -2.22. The molecule has 34 heavy (non-hydrogen) atoms. The van der Waals surface area contributed by atoms with Gasteiger partial charge in [0, 0.05) is 17.9 Å². The highest BCUT2D eigenvalue weighted by molar-refractivity contribution is 5.95. The number of aromatic nitrogens is 2. The summed E-state index contributed by atoms with van der Waals surface area (Å²) in [5, 5.41) is 9.51. The largest absolute Gasteiger partial charge is 0.478 e. The van der Waals surface area contributed by atoms with Crippen molar-refractivity contribution in [1.29, 1.82) is 0 Å². The molecule has 1 heterocycles. The fraction of sp³-hybridized carbons (Fsp3) is 0.448. The van der Waals surface area contributed by atoms with Gasteiger partial charge in [0.1, 0.15) is 0 Å². The Kier molecular flexibility index (Phi) is 7.71. The van der Waals surface area contributed by atoms with Crippen molar-refractivity contribution in [2.45, 2.75) is 78.3 Å².